The van der Waals surface area contributed by atoms with E-state index < -0.39 is 29.2 Å². The van der Waals surface area contributed by atoms with Gasteiger partial charge in [-0.2, -0.15) is 13.2 Å². The van der Waals surface area contributed by atoms with Gasteiger partial charge in [-0.15, -0.1) is 0 Å². The number of benzene rings is 1. The van der Waals surface area contributed by atoms with E-state index in [1.807, 2.05) is 4.72 Å². The zero-order valence-electron chi connectivity index (χ0n) is 9.99. The maximum atomic E-state index is 11.9. The minimum absolute atomic E-state index is 0.0983. The Balaban J connectivity index is 2.83. The monoisotopic (exact) mass is 298 g/mol. The van der Waals surface area contributed by atoms with Crippen molar-refractivity contribution in [3.8, 4) is 5.75 Å². The minimum atomic E-state index is -4.42. The van der Waals surface area contributed by atoms with E-state index in [1.54, 1.807) is 0 Å². The minimum Gasteiger partial charge on any atom is -0.497 e. The van der Waals surface area contributed by atoms with Gasteiger partial charge in [0.05, 0.1) is 19.2 Å². The van der Waals surface area contributed by atoms with Crippen molar-refractivity contribution in [2.24, 2.45) is 0 Å². The number of nitrogen functional groups attached to an aromatic ring is 1. The van der Waals surface area contributed by atoms with Crippen LogP contribution in [0.15, 0.2) is 23.1 Å². The van der Waals surface area contributed by atoms with Crippen LogP contribution in [0.3, 0.4) is 0 Å². The average Bonchev–Trinajstić information content (AvgIpc) is 2.26. The molecule has 5 nitrogen and oxygen atoms in total. The van der Waals surface area contributed by atoms with Gasteiger partial charge in [0.15, 0.2) is 0 Å². The van der Waals surface area contributed by atoms with E-state index in [4.69, 9.17) is 10.5 Å². The predicted octanol–water partition coefficient (Wildman–Crippen LogP) is 1.51. The molecule has 0 atom stereocenters. The highest BCUT2D eigenvalue weighted by Crippen LogP contribution is 2.24. The maximum absolute atomic E-state index is 11.9. The fourth-order valence-corrected chi connectivity index (χ4v) is 2.45. The molecule has 1 rings (SSSR count). The van der Waals surface area contributed by atoms with Crippen LogP contribution in [0.25, 0.3) is 0 Å². The summed E-state index contributed by atoms with van der Waals surface area (Å²) in [4.78, 5) is -0.282. The number of anilines is 1. The second kappa shape index (κ2) is 5.66. The van der Waals surface area contributed by atoms with Crippen molar-refractivity contribution in [1.29, 1.82) is 0 Å². The Morgan fingerprint density at radius 2 is 2.00 bits per heavy atom. The first-order valence-electron chi connectivity index (χ1n) is 5.15. The lowest BCUT2D eigenvalue weighted by Gasteiger charge is -2.11. The Morgan fingerprint density at radius 1 is 1.37 bits per heavy atom. The van der Waals surface area contributed by atoms with Crippen LogP contribution in [0, 0.1) is 0 Å². The number of methoxy groups -OCH3 is 1. The molecular formula is C10H13F3N2O3S. The summed E-state index contributed by atoms with van der Waals surface area (Å²) in [7, 11) is -2.69. The van der Waals surface area contributed by atoms with Crippen molar-refractivity contribution < 1.29 is 26.3 Å². The molecule has 9 heteroatoms. The number of rotatable bonds is 5. The smallest absolute Gasteiger partial charge is 0.390 e. The summed E-state index contributed by atoms with van der Waals surface area (Å²) in [5, 5.41) is 0. The molecule has 0 radical (unpaired) electrons. The van der Waals surface area contributed by atoms with Crippen LogP contribution in [0.1, 0.15) is 6.42 Å². The van der Waals surface area contributed by atoms with Gasteiger partial charge in [-0.05, 0) is 12.1 Å². The van der Waals surface area contributed by atoms with E-state index in [9.17, 15) is 21.6 Å². The molecule has 0 saturated carbocycles. The van der Waals surface area contributed by atoms with Crippen molar-refractivity contribution in [2.45, 2.75) is 17.5 Å². The van der Waals surface area contributed by atoms with Crippen LogP contribution in [0.5, 0.6) is 5.75 Å². The van der Waals surface area contributed by atoms with E-state index in [0.717, 1.165) is 0 Å². The second-order valence-corrected chi connectivity index (χ2v) is 5.40. The van der Waals surface area contributed by atoms with Crippen LogP contribution in [-0.2, 0) is 10.0 Å². The Morgan fingerprint density at radius 3 is 2.47 bits per heavy atom. The van der Waals surface area contributed by atoms with Crippen molar-refractivity contribution in [3.63, 3.8) is 0 Å². The van der Waals surface area contributed by atoms with Crippen LogP contribution in [0.4, 0.5) is 18.9 Å². The van der Waals surface area contributed by atoms with Crippen LogP contribution in [-0.4, -0.2) is 28.2 Å². The molecule has 0 aliphatic rings. The van der Waals surface area contributed by atoms with Crippen LogP contribution < -0.4 is 15.2 Å². The molecule has 0 amide bonds. The highest BCUT2D eigenvalue weighted by Gasteiger charge is 2.28. The third-order valence-corrected chi connectivity index (χ3v) is 3.74. The largest absolute Gasteiger partial charge is 0.497 e. The summed E-state index contributed by atoms with van der Waals surface area (Å²) in [6.45, 7) is -0.739. The van der Waals surface area contributed by atoms with Gasteiger partial charge in [-0.25, -0.2) is 13.1 Å². The summed E-state index contributed by atoms with van der Waals surface area (Å²) >= 11 is 0. The number of hydrogen-bond acceptors (Lipinski definition) is 4. The van der Waals surface area contributed by atoms with Gasteiger partial charge in [0, 0.05) is 12.6 Å². The Bertz CT molecular complexity index is 543. The Kier molecular flexibility index (Phi) is 4.64. The summed E-state index contributed by atoms with van der Waals surface area (Å²) in [6.07, 6.45) is -5.67. The zero-order chi connectivity index (χ0) is 14.7. The van der Waals surface area contributed by atoms with E-state index in [1.165, 1.54) is 25.3 Å². The third kappa shape index (κ3) is 4.60. The van der Waals surface area contributed by atoms with Gasteiger partial charge in [-0.3, -0.25) is 0 Å². The number of ether oxygens (including phenoxy) is 1. The number of sulfonamides is 1. The maximum Gasteiger partial charge on any atom is 0.390 e. The van der Waals surface area contributed by atoms with E-state index >= 15 is 0 Å². The summed E-state index contributed by atoms with van der Waals surface area (Å²) < 4.78 is 66.0. The van der Waals surface area contributed by atoms with Gasteiger partial charge in [0.2, 0.25) is 10.0 Å². The predicted molar refractivity (Wildman–Crippen MR) is 63.3 cm³/mol. The molecule has 0 aliphatic heterocycles. The molecule has 0 saturated heterocycles. The standard InChI is InChI=1S/C10H13F3N2O3S/c1-18-7-2-3-9(8(14)6-7)19(16,17)15-5-4-10(11,12)13/h2-3,6,15H,4-5,14H2,1H3. The van der Waals surface area contributed by atoms with Gasteiger partial charge >= 0.3 is 6.18 Å². The lowest BCUT2D eigenvalue weighted by atomic mass is 10.3. The first kappa shape index (κ1) is 15.6. The molecule has 0 aliphatic carbocycles. The molecule has 0 unspecified atom stereocenters. The molecule has 0 aromatic heterocycles. The van der Waals surface area contributed by atoms with Gasteiger partial charge in [-0.1, -0.05) is 0 Å². The Hall–Kier alpha value is -1.48. The molecule has 19 heavy (non-hydrogen) atoms. The fraction of sp³-hybridized carbons (Fsp3) is 0.400. The summed E-state index contributed by atoms with van der Waals surface area (Å²) in [5.41, 5.74) is 5.42. The number of nitrogens with one attached hydrogen (secondary N) is 1. The molecule has 3 N–H and O–H groups in total. The lowest BCUT2D eigenvalue weighted by Crippen LogP contribution is -2.28. The molecule has 108 valence electrons. The summed E-state index contributed by atoms with van der Waals surface area (Å²) in [5.74, 6) is 0.353. The topological polar surface area (TPSA) is 81.4 Å². The van der Waals surface area contributed by atoms with Crippen molar-refractivity contribution >= 4 is 15.7 Å². The Labute approximate surface area is 108 Å². The average molecular weight is 298 g/mol. The van der Waals surface area contributed by atoms with Crippen LogP contribution >= 0.6 is 0 Å². The molecule has 0 heterocycles. The third-order valence-electron chi connectivity index (χ3n) is 2.21. The number of alkyl halides is 3. The number of nitrogens with two attached hydrogens (primary N) is 1. The molecule has 1 aromatic rings. The van der Waals surface area contributed by atoms with Crippen molar-refractivity contribution in [3.05, 3.63) is 18.2 Å². The fourth-order valence-electron chi connectivity index (χ4n) is 1.30. The van der Waals surface area contributed by atoms with Gasteiger partial charge in [0.25, 0.3) is 0 Å². The molecular weight excluding hydrogens is 285 g/mol. The summed E-state index contributed by atoms with van der Waals surface area (Å²) in [6, 6.07) is 3.80. The van der Waals surface area contributed by atoms with Gasteiger partial charge in [0.1, 0.15) is 10.6 Å². The molecule has 1 aromatic carbocycles. The number of hydrogen-bond donors (Lipinski definition) is 2. The lowest BCUT2D eigenvalue weighted by molar-refractivity contribution is -0.132. The van der Waals surface area contributed by atoms with Gasteiger partial charge < -0.3 is 10.5 Å². The van der Waals surface area contributed by atoms with Crippen LogP contribution in [0.2, 0.25) is 0 Å². The molecule has 0 bridgehead atoms. The quantitative estimate of drug-likeness (QED) is 0.807. The first-order valence-corrected chi connectivity index (χ1v) is 6.64. The molecule has 0 spiro atoms. The van der Waals surface area contributed by atoms with Crippen molar-refractivity contribution in [1.82, 2.24) is 4.72 Å². The highest BCUT2D eigenvalue weighted by atomic mass is 32.2. The second-order valence-electron chi connectivity index (χ2n) is 3.67. The van der Waals surface area contributed by atoms with E-state index in [0.29, 0.717) is 5.75 Å². The highest BCUT2D eigenvalue weighted by molar-refractivity contribution is 7.89. The normalized spacial score (nSPS) is 12.4. The van der Waals surface area contributed by atoms with Crippen molar-refractivity contribution in [2.75, 3.05) is 19.4 Å². The SMILES string of the molecule is COc1ccc(S(=O)(=O)NCCC(F)(F)F)c(N)c1. The van der Waals surface area contributed by atoms with E-state index in [2.05, 4.69) is 0 Å². The zero-order valence-corrected chi connectivity index (χ0v) is 10.8. The first-order chi connectivity index (χ1) is 8.65. The number of halogens is 3. The van der Waals surface area contributed by atoms with E-state index in [-0.39, 0.29) is 10.6 Å². The molecule has 0 fully saturated rings.